The summed E-state index contributed by atoms with van der Waals surface area (Å²) < 4.78 is 10.7. The van der Waals surface area contributed by atoms with Crippen LogP contribution in [-0.4, -0.2) is 41.8 Å². The van der Waals surface area contributed by atoms with Gasteiger partial charge in [0.05, 0.1) is 19.6 Å². The van der Waals surface area contributed by atoms with E-state index in [-0.39, 0.29) is 10.8 Å². The Morgan fingerprint density at radius 1 is 1.07 bits per heavy atom. The van der Waals surface area contributed by atoms with E-state index in [0.29, 0.717) is 18.1 Å². The molecule has 4 atom stereocenters. The molecule has 4 aliphatic rings. The van der Waals surface area contributed by atoms with E-state index in [1.165, 1.54) is 37.7 Å². The van der Waals surface area contributed by atoms with Gasteiger partial charge in [0.2, 0.25) is 0 Å². The first-order chi connectivity index (χ1) is 13.6. The Labute approximate surface area is 166 Å². The average Bonchev–Trinajstić information content (AvgIpc) is 2.73. The van der Waals surface area contributed by atoms with E-state index >= 15 is 0 Å². The molecule has 1 unspecified atom stereocenters. The fourth-order valence-electron chi connectivity index (χ4n) is 6.66. The summed E-state index contributed by atoms with van der Waals surface area (Å²) in [5.41, 5.74) is 3.13. The summed E-state index contributed by atoms with van der Waals surface area (Å²) in [4.78, 5) is 13.7. The first-order valence-corrected chi connectivity index (χ1v) is 10.6. The highest BCUT2D eigenvalue weighted by atomic mass is 16.5. The Balaban J connectivity index is 1.70. The topological polar surface area (TPSA) is 69.2 Å². The molecule has 0 spiro atoms. The van der Waals surface area contributed by atoms with Crippen LogP contribution in [0.2, 0.25) is 0 Å². The van der Waals surface area contributed by atoms with Gasteiger partial charge in [-0.3, -0.25) is 0 Å². The number of allylic oxidation sites excluding steroid dienone is 3. The van der Waals surface area contributed by atoms with E-state index in [1.807, 2.05) is 0 Å². The molecule has 1 saturated heterocycles. The molecule has 28 heavy (non-hydrogen) atoms. The number of rotatable bonds is 3. The van der Waals surface area contributed by atoms with Crippen molar-refractivity contribution < 1.29 is 9.47 Å². The highest BCUT2D eigenvalue weighted by molar-refractivity contribution is 5.49. The molecule has 0 amide bonds. The maximum atomic E-state index is 5.37. The first-order valence-electron chi connectivity index (χ1n) is 10.6. The Bertz CT molecular complexity index is 825. The van der Waals surface area contributed by atoms with Gasteiger partial charge in [0.25, 0.3) is 0 Å². The smallest absolute Gasteiger partial charge is 0.322 e. The number of nitrogens with one attached hydrogen (secondary N) is 1. The second kappa shape index (κ2) is 6.55. The maximum absolute atomic E-state index is 5.37. The number of hydrogen-bond acceptors (Lipinski definition) is 6. The van der Waals surface area contributed by atoms with E-state index < -0.39 is 0 Å². The lowest BCUT2D eigenvalue weighted by atomic mass is 9.47. The predicted octanol–water partition coefficient (Wildman–Crippen LogP) is 3.35. The fraction of sp³-hybridized carbons (Fsp3) is 0.682. The molecule has 0 radical (unpaired) electrons. The zero-order valence-corrected chi connectivity index (χ0v) is 17.1. The third-order valence-electron chi connectivity index (χ3n) is 7.67. The van der Waals surface area contributed by atoms with E-state index in [4.69, 9.17) is 19.4 Å². The van der Waals surface area contributed by atoms with Crippen LogP contribution in [0.3, 0.4) is 0 Å². The highest BCUT2D eigenvalue weighted by Crippen LogP contribution is 2.63. The van der Waals surface area contributed by atoms with Crippen LogP contribution < -0.4 is 14.8 Å². The van der Waals surface area contributed by atoms with Gasteiger partial charge in [-0.1, -0.05) is 25.0 Å². The Hall–Kier alpha value is -1.95. The number of piperidine rings is 1. The summed E-state index contributed by atoms with van der Waals surface area (Å²) in [6, 6.07) is 1.27. The Kier molecular flexibility index (Phi) is 4.23. The number of hydrogen-bond donors (Lipinski definition) is 1. The molecule has 1 N–H and O–H groups in total. The zero-order chi connectivity index (χ0) is 19.4. The van der Waals surface area contributed by atoms with Gasteiger partial charge in [0, 0.05) is 6.04 Å². The maximum Gasteiger partial charge on any atom is 0.322 e. The molecular formula is C22H30N4O2. The standard InChI is InChI=1S/C22H30N4O2/c1-21(18-24-19(27-2)26-20(25-18)28-3)9-6-7-14-13-16-15-8-4-5-10-22(15,17(14)21)11-12-23-16/h6-7,15-16,23H,4-5,8-13H2,1-3H3/t15-,16+,21?,22+/m0/s1. The third-order valence-corrected chi connectivity index (χ3v) is 7.67. The summed E-state index contributed by atoms with van der Waals surface area (Å²) in [6.45, 7) is 3.43. The van der Waals surface area contributed by atoms with Crippen LogP contribution in [0.1, 0.15) is 57.7 Å². The summed E-state index contributed by atoms with van der Waals surface area (Å²) in [7, 11) is 3.19. The summed E-state index contributed by atoms with van der Waals surface area (Å²) in [5, 5.41) is 3.83. The van der Waals surface area contributed by atoms with Crippen LogP contribution in [-0.2, 0) is 5.41 Å². The lowest BCUT2D eigenvalue weighted by Gasteiger charge is -2.60. The van der Waals surface area contributed by atoms with Gasteiger partial charge < -0.3 is 14.8 Å². The Morgan fingerprint density at radius 2 is 1.86 bits per heavy atom. The van der Waals surface area contributed by atoms with Crippen LogP contribution in [0.4, 0.5) is 0 Å². The molecule has 0 aromatic carbocycles. The molecule has 2 heterocycles. The van der Waals surface area contributed by atoms with Crippen molar-refractivity contribution in [3.63, 3.8) is 0 Å². The van der Waals surface area contributed by atoms with Crippen LogP contribution in [0, 0.1) is 11.3 Å². The molecular weight excluding hydrogens is 352 g/mol. The second-order valence-electron chi connectivity index (χ2n) is 8.99. The molecule has 1 aromatic heterocycles. The predicted molar refractivity (Wildman–Crippen MR) is 106 cm³/mol. The van der Waals surface area contributed by atoms with Gasteiger partial charge in [-0.05, 0) is 68.1 Å². The van der Waals surface area contributed by atoms with Crippen molar-refractivity contribution in [1.29, 1.82) is 0 Å². The SMILES string of the molecule is COc1nc(OC)nc(C2(C)CC=CC3=C2[C@@]24CCCC[C@H]2[C@@H](C3)NCC4)n1. The van der Waals surface area contributed by atoms with Crippen molar-refractivity contribution in [3.05, 3.63) is 29.1 Å². The van der Waals surface area contributed by atoms with Crippen molar-refractivity contribution in [2.45, 2.75) is 63.3 Å². The van der Waals surface area contributed by atoms with Crippen molar-refractivity contribution in [1.82, 2.24) is 20.3 Å². The van der Waals surface area contributed by atoms with Crippen molar-refractivity contribution in [2.75, 3.05) is 20.8 Å². The highest BCUT2D eigenvalue weighted by Gasteiger charge is 2.57. The van der Waals surface area contributed by atoms with Gasteiger partial charge in [-0.15, -0.1) is 4.98 Å². The lowest BCUT2D eigenvalue weighted by molar-refractivity contribution is 0.0298. The van der Waals surface area contributed by atoms with Gasteiger partial charge in [0.15, 0.2) is 0 Å². The summed E-state index contributed by atoms with van der Waals surface area (Å²) in [5.74, 6) is 1.51. The lowest BCUT2D eigenvalue weighted by Crippen LogP contribution is -2.59. The molecule has 6 heteroatoms. The normalized spacial score (nSPS) is 36.5. The van der Waals surface area contributed by atoms with Crippen LogP contribution in [0.5, 0.6) is 12.0 Å². The number of nitrogens with zero attached hydrogens (tertiary/aromatic N) is 3. The minimum absolute atomic E-state index is 0.245. The van der Waals surface area contributed by atoms with Crippen molar-refractivity contribution in [2.24, 2.45) is 11.3 Å². The van der Waals surface area contributed by atoms with Crippen LogP contribution >= 0.6 is 0 Å². The molecule has 2 bridgehead atoms. The molecule has 1 saturated carbocycles. The van der Waals surface area contributed by atoms with Gasteiger partial charge >= 0.3 is 12.0 Å². The summed E-state index contributed by atoms with van der Waals surface area (Å²) >= 11 is 0. The molecule has 2 fully saturated rings. The number of ether oxygens (including phenoxy) is 2. The molecule has 6 nitrogen and oxygen atoms in total. The molecule has 1 aromatic rings. The minimum atomic E-state index is -0.245. The van der Waals surface area contributed by atoms with E-state index in [0.717, 1.165) is 31.1 Å². The zero-order valence-electron chi connectivity index (χ0n) is 17.1. The summed E-state index contributed by atoms with van der Waals surface area (Å²) in [6.07, 6.45) is 13.2. The van der Waals surface area contributed by atoms with Gasteiger partial charge in [-0.2, -0.15) is 9.97 Å². The number of methoxy groups -OCH3 is 2. The average molecular weight is 383 g/mol. The molecule has 3 aliphatic carbocycles. The number of aromatic nitrogens is 3. The van der Waals surface area contributed by atoms with Crippen LogP contribution in [0.15, 0.2) is 23.3 Å². The Morgan fingerprint density at radius 3 is 2.61 bits per heavy atom. The minimum Gasteiger partial charge on any atom is -0.467 e. The molecule has 1 aliphatic heterocycles. The third kappa shape index (κ3) is 2.46. The fourth-order valence-corrected chi connectivity index (χ4v) is 6.66. The van der Waals surface area contributed by atoms with E-state index in [1.54, 1.807) is 19.8 Å². The van der Waals surface area contributed by atoms with Crippen molar-refractivity contribution in [3.8, 4) is 12.0 Å². The van der Waals surface area contributed by atoms with Crippen LogP contribution in [0.25, 0.3) is 0 Å². The van der Waals surface area contributed by atoms with E-state index in [9.17, 15) is 0 Å². The quantitative estimate of drug-likeness (QED) is 0.865. The molecule has 150 valence electrons. The largest absolute Gasteiger partial charge is 0.467 e. The monoisotopic (exact) mass is 382 g/mol. The molecule has 5 rings (SSSR count). The van der Waals surface area contributed by atoms with Crippen molar-refractivity contribution >= 4 is 0 Å². The van der Waals surface area contributed by atoms with E-state index in [2.05, 4.69) is 29.4 Å². The van der Waals surface area contributed by atoms with Gasteiger partial charge in [-0.25, -0.2) is 0 Å². The first kappa shape index (κ1) is 18.1. The van der Waals surface area contributed by atoms with Gasteiger partial charge in [0.1, 0.15) is 5.82 Å². The second-order valence-corrected chi connectivity index (χ2v) is 8.99.